The van der Waals surface area contributed by atoms with E-state index in [4.69, 9.17) is 0 Å². The van der Waals surface area contributed by atoms with Crippen LogP contribution in [0.4, 0.5) is 17.6 Å². The second kappa shape index (κ2) is 6.29. The van der Waals surface area contributed by atoms with E-state index < -0.39 is 0 Å². The second-order valence-corrected chi connectivity index (χ2v) is 5.06. The first-order valence-electron chi connectivity index (χ1n) is 7.40. The smallest absolute Gasteiger partial charge is 0.208 e. The largest absolute Gasteiger partial charge is 0.364 e. The molecule has 0 unspecified atom stereocenters. The molecule has 0 saturated heterocycles. The maximum Gasteiger partial charge on any atom is 0.208 e. The second-order valence-electron chi connectivity index (χ2n) is 5.06. The highest BCUT2D eigenvalue weighted by Crippen LogP contribution is 2.20. The van der Waals surface area contributed by atoms with Gasteiger partial charge in [0.05, 0.1) is 6.20 Å². The molecule has 4 rings (SSSR count). The summed E-state index contributed by atoms with van der Waals surface area (Å²) >= 11 is 0. The van der Waals surface area contributed by atoms with Crippen LogP contribution in [0, 0.1) is 0 Å². The van der Waals surface area contributed by atoms with Crippen LogP contribution < -0.4 is 10.6 Å². The summed E-state index contributed by atoms with van der Waals surface area (Å²) in [5.41, 5.74) is 2.48. The van der Waals surface area contributed by atoms with Gasteiger partial charge in [0, 0.05) is 18.9 Å². The van der Waals surface area contributed by atoms with Crippen LogP contribution in [0.1, 0.15) is 5.56 Å². The Kier molecular flexibility index (Phi) is 3.69. The summed E-state index contributed by atoms with van der Waals surface area (Å²) in [5.74, 6) is 1.83. The lowest BCUT2D eigenvalue weighted by atomic mass is 10.2. The lowest BCUT2D eigenvalue weighted by Gasteiger charge is -2.05. The third kappa shape index (κ3) is 2.98. The van der Waals surface area contributed by atoms with E-state index in [0.717, 1.165) is 5.52 Å². The summed E-state index contributed by atoms with van der Waals surface area (Å²) in [6, 6.07) is 10.1. The highest BCUT2D eigenvalue weighted by atomic mass is 15.2. The zero-order valence-corrected chi connectivity index (χ0v) is 12.6. The summed E-state index contributed by atoms with van der Waals surface area (Å²) in [7, 11) is 0. The van der Waals surface area contributed by atoms with Gasteiger partial charge in [-0.2, -0.15) is 4.98 Å². The van der Waals surface area contributed by atoms with Gasteiger partial charge in [-0.15, -0.1) is 0 Å². The van der Waals surface area contributed by atoms with E-state index in [2.05, 4.69) is 52.7 Å². The third-order valence-electron chi connectivity index (χ3n) is 3.40. The minimum atomic E-state index is 0.536. The Morgan fingerprint density at radius 2 is 1.92 bits per heavy atom. The van der Waals surface area contributed by atoms with E-state index in [1.807, 2.05) is 18.2 Å². The van der Waals surface area contributed by atoms with Crippen molar-refractivity contribution in [3.63, 3.8) is 0 Å². The van der Waals surface area contributed by atoms with Crippen molar-refractivity contribution < 1.29 is 0 Å². The van der Waals surface area contributed by atoms with Crippen molar-refractivity contribution in [3.05, 3.63) is 60.8 Å². The Balaban J connectivity index is 1.58. The van der Waals surface area contributed by atoms with Crippen molar-refractivity contribution in [2.45, 2.75) is 6.54 Å². The summed E-state index contributed by atoms with van der Waals surface area (Å²) in [5, 5.41) is 6.36. The fourth-order valence-corrected chi connectivity index (χ4v) is 2.29. The average Bonchev–Trinajstić information content (AvgIpc) is 3.04. The number of aromatic amines is 1. The van der Waals surface area contributed by atoms with Gasteiger partial charge < -0.3 is 15.6 Å². The van der Waals surface area contributed by atoms with E-state index in [-0.39, 0.29) is 0 Å². The van der Waals surface area contributed by atoms with E-state index in [9.17, 15) is 0 Å². The first kappa shape index (κ1) is 14.1. The molecule has 8 heteroatoms. The first-order chi connectivity index (χ1) is 11.9. The molecule has 0 atom stereocenters. The normalized spacial score (nSPS) is 10.7. The number of nitrogens with zero attached hydrogens (tertiary/aromatic N) is 5. The van der Waals surface area contributed by atoms with E-state index in [1.165, 1.54) is 11.9 Å². The number of anilines is 3. The van der Waals surface area contributed by atoms with Gasteiger partial charge >= 0.3 is 0 Å². The van der Waals surface area contributed by atoms with Gasteiger partial charge in [0.2, 0.25) is 5.95 Å². The Bertz CT molecular complexity index is 936. The molecule has 118 valence electrons. The topological polar surface area (TPSA) is 104 Å². The number of H-pyrrole nitrogens is 1. The van der Waals surface area contributed by atoms with Gasteiger partial charge in [0.1, 0.15) is 11.8 Å². The zero-order valence-electron chi connectivity index (χ0n) is 12.6. The minimum Gasteiger partial charge on any atom is -0.364 e. The van der Waals surface area contributed by atoms with Crippen molar-refractivity contribution in [1.29, 1.82) is 0 Å². The molecule has 0 aliphatic heterocycles. The first-order valence-corrected chi connectivity index (χ1v) is 7.40. The van der Waals surface area contributed by atoms with Gasteiger partial charge in [0.15, 0.2) is 17.3 Å². The monoisotopic (exact) mass is 318 g/mol. The van der Waals surface area contributed by atoms with Crippen LogP contribution in [0.25, 0.3) is 11.2 Å². The molecule has 0 aliphatic carbocycles. The molecule has 0 amide bonds. The van der Waals surface area contributed by atoms with Crippen LogP contribution in [0.15, 0.2) is 55.2 Å². The molecule has 3 N–H and O–H groups in total. The fraction of sp³-hybridized carbons (Fsp3) is 0.0625. The van der Waals surface area contributed by atoms with Gasteiger partial charge in [-0.25, -0.2) is 15.0 Å². The van der Waals surface area contributed by atoms with Crippen molar-refractivity contribution in [1.82, 2.24) is 29.9 Å². The van der Waals surface area contributed by atoms with Crippen molar-refractivity contribution in [2.24, 2.45) is 0 Å². The van der Waals surface area contributed by atoms with Gasteiger partial charge in [-0.05, 0) is 5.56 Å². The van der Waals surface area contributed by atoms with Crippen LogP contribution in [0.3, 0.4) is 0 Å². The van der Waals surface area contributed by atoms with Crippen LogP contribution in [0.2, 0.25) is 0 Å². The van der Waals surface area contributed by atoms with Gasteiger partial charge in [0.25, 0.3) is 0 Å². The number of benzene rings is 1. The number of rotatable bonds is 5. The van der Waals surface area contributed by atoms with E-state index in [0.29, 0.717) is 29.8 Å². The number of hydrogen-bond acceptors (Lipinski definition) is 7. The van der Waals surface area contributed by atoms with Crippen LogP contribution in [-0.2, 0) is 6.54 Å². The van der Waals surface area contributed by atoms with Gasteiger partial charge in [-0.1, -0.05) is 30.3 Å². The quantitative estimate of drug-likeness (QED) is 0.519. The highest BCUT2D eigenvalue weighted by molar-refractivity contribution is 5.84. The maximum atomic E-state index is 4.40. The standard InChI is InChI=1S/C16H14N8/c1-2-4-11(5-3-1)8-19-14-13-15(21-10-20-14)24-16(23-13)22-12-9-17-6-7-18-12/h1-7,9-10H,8H2,(H3,18,19,20,21,22,23,24). The SMILES string of the molecule is c1ccc(CNc2ncnc3nc(Nc4cnccn4)[nH]c23)cc1. The van der Waals surface area contributed by atoms with Crippen LogP contribution >= 0.6 is 0 Å². The number of hydrogen-bond donors (Lipinski definition) is 3. The van der Waals surface area contributed by atoms with E-state index >= 15 is 0 Å². The summed E-state index contributed by atoms with van der Waals surface area (Å²) in [6.07, 6.45) is 6.33. The number of aromatic nitrogens is 6. The fourth-order valence-electron chi connectivity index (χ4n) is 2.29. The molecule has 0 radical (unpaired) electrons. The molecule has 0 saturated carbocycles. The Labute approximate surface area is 137 Å². The Hall–Kier alpha value is -3.55. The molecule has 3 aromatic heterocycles. The molecule has 8 nitrogen and oxygen atoms in total. The summed E-state index contributed by atoms with van der Waals surface area (Å²) in [4.78, 5) is 24.2. The zero-order chi connectivity index (χ0) is 16.2. The molecule has 0 fully saturated rings. The van der Waals surface area contributed by atoms with Crippen molar-refractivity contribution >= 4 is 28.7 Å². The van der Waals surface area contributed by atoms with Crippen molar-refractivity contribution in [2.75, 3.05) is 10.6 Å². The van der Waals surface area contributed by atoms with Crippen molar-refractivity contribution in [3.8, 4) is 0 Å². The summed E-state index contributed by atoms with van der Waals surface area (Å²) in [6.45, 7) is 0.666. The molecule has 24 heavy (non-hydrogen) atoms. The predicted octanol–water partition coefficient (Wildman–Crippen LogP) is 2.50. The van der Waals surface area contributed by atoms with Crippen LogP contribution in [0.5, 0.6) is 0 Å². The van der Waals surface area contributed by atoms with Gasteiger partial charge in [-0.3, -0.25) is 4.98 Å². The Morgan fingerprint density at radius 1 is 1.00 bits per heavy atom. The molecule has 1 aromatic carbocycles. The minimum absolute atomic E-state index is 0.536. The lowest BCUT2D eigenvalue weighted by Crippen LogP contribution is -2.02. The highest BCUT2D eigenvalue weighted by Gasteiger charge is 2.10. The molecule has 4 aromatic rings. The number of nitrogens with one attached hydrogen (secondary N) is 3. The lowest BCUT2D eigenvalue weighted by molar-refractivity contribution is 1.10. The molecular weight excluding hydrogens is 304 g/mol. The third-order valence-corrected chi connectivity index (χ3v) is 3.40. The molecule has 0 bridgehead atoms. The molecule has 0 aliphatic rings. The number of fused-ring (bicyclic) bond motifs is 1. The Morgan fingerprint density at radius 3 is 2.75 bits per heavy atom. The summed E-state index contributed by atoms with van der Waals surface area (Å²) < 4.78 is 0. The van der Waals surface area contributed by atoms with Crippen LogP contribution in [-0.4, -0.2) is 29.9 Å². The predicted molar refractivity (Wildman–Crippen MR) is 90.8 cm³/mol. The molecule has 3 heterocycles. The maximum absolute atomic E-state index is 4.40. The van der Waals surface area contributed by atoms with E-state index in [1.54, 1.807) is 18.6 Å². The molecule has 0 spiro atoms. The average molecular weight is 318 g/mol. The molecular formula is C16H14N8. The number of imidazole rings is 1.